The quantitative estimate of drug-likeness (QED) is 0.152. The molecule has 0 aliphatic heterocycles. The van der Waals surface area contributed by atoms with Crippen LogP contribution in [0.5, 0.6) is 0 Å². The topological polar surface area (TPSA) is 21.3 Å². The molecule has 0 bridgehead atoms. The van der Waals surface area contributed by atoms with Crippen LogP contribution in [0.1, 0.15) is 17.7 Å². The Labute approximate surface area is 389 Å². The second kappa shape index (κ2) is 16.0. The van der Waals surface area contributed by atoms with Crippen molar-refractivity contribution in [2.75, 3.05) is 4.90 Å². The summed E-state index contributed by atoms with van der Waals surface area (Å²) in [7, 11) is 0. The van der Waals surface area contributed by atoms with Crippen LogP contribution in [0.3, 0.4) is 0 Å². The van der Waals surface area contributed by atoms with Gasteiger partial charge in [-0.25, -0.2) is 0 Å². The molecule has 3 heteroatoms. The Morgan fingerprint density at radius 3 is 2.04 bits per heavy atom. The second-order valence-electron chi connectivity index (χ2n) is 17.3. The molecule has 2 aromatic heterocycles. The summed E-state index contributed by atoms with van der Waals surface area (Å²) >= 11 is 0. The summed E-state index contributed by atoms with van der Waals surface area (Å²) in [5.41, 5.74) is 18.7. The van der Waals surface area contributed by atoms with Gasteiger partial charge >= 0.3 is 0 Å². The molecule has 314 valence electrons. The van der Waals surface area contributed by atoms with Gasteiger partial charge in [0.2, 0.25) is 0 Å². The molecule has 1 aliphatic rings. The van der Waals surface area contributed by atoms with Crippen molar-refractivity contribution in [3.05, 3.63) is 248 Å². The third kappa shape index (κ3) is 6.53. The van der Waals surface area contributed by atoms with Gasteiger partial charge in [0.1, 0.15) is 11.2 Å². The Hall–Kier alpha value is -8.84. The molecule has 13 rings (SSSR count). The highest BCUT2D eigenvalue weighted by Crippen LogP contribution is 2.46. The maximum absolute atomic E-state index is 6.71. The van der Waals surface area contributed by atoms with Crippen LogP contribution in [-0.4, -0.2) is 4.57 Å². The number of furan rings is 1. The Kier molecular flexibility index (Phi) is 9.22. The average molecular weight is 855 g/mol. The number of aromatic nitrogens is 1. The molecule has 0 atom stereocenters. The summed E-state index contributed by atoms with van der Waals surface area (Å²) in [4.78, 5) is 2.32. The van der Waals surface area contributed by atoms with Crippen molar-refractivity contribution >= 4 is 66.8 Å². The van der Waals surface area contributed by atoms with Crippen LogP contribution in [0.25, 0.3) is 99.9 Å². The van der Waals surface area contributed by atoms with Gasteiger partial charge in [-0.2, -0.15) is 0 Å². The molecule has 0 amide bonds. The highest BCUT2D eigenvalue weighted by molar-refractivity contribution is 6.19. The van der Waals surface area contributed by atoms with Gasteiger partial charge in [0.25, 0.3) is 0 Å². The van der Waals surface area contributed by atoms with Crippen LogP contribution in [0, 0.1) is 12.1 Å². The first kappa shape index (κ1) is 38.6. The van der Waals surface area contributed by atoms with Gasteiger partial charge in [0, 0.05) is 55.2 Å². The molecule has 1 aliphatic carbocycles. The van der Waals surface area contributed by atoms with Gasteiger partial charge < -0.3 is 13.9 Å². The zero-order valence-corrected chi connectivity index (χ0v) is 36.7. The minimum absolute atomic E-state index is 0.864. The number of hydrogen-bond acceptors (Lipinski definition) is 2. The van der Waals surface area contributed by atoms with Crippen LogP contribution in [0.2, 0.25) is 0 Å². The van der Waals surface area contributed by atoms with Gasteiger partial charge in [-0.3, -0.25) is 0 Å². The minimum Gasteiger partial charge on any atom is -0.455 e. The summed E-state index contributed by atoms with van der Waals surface area (Å²) in [6.45, 7) is 0. The molecule has 0 radical (unpaired) electrons. The SMILES string of the molecule is c1c(-c2ccccc2-n2c3c(c4ccccc42)C=CCC3)ccc(N(c2ccc(-c3cccc(-c4ccccc4)c3)cc2)c2ccccc2-c2cccc3oc4c5ccccc5ccc4c23)c#1. The van der Waals surface area contributed by atoms with Crippen molar-refractivity contribution in [3.8, 4) is 50.2 Å². The molecule has 12 aromatic rings. The number of rotatable bonds is 8. The van der Waals surface area contributed by atoms with E-state index in [9.17, 15) is 0 Å². The fourth-order valence-electron chi connectivity index (χ4n) is 10.4. The maximum Gasteiger partial charge on any atom is 0.143 e. The summed E-state index contributed by atoms with van der Waals surface area (Å²) in [6, 6.07) is 85.6. The summed E-state index contributed by atoms with van der Waals surface area (Å²) in [5, 5.41) is 5.75. The fourth-order valence-corrected chi connectivity index (χ4v) is 10.4. The molecule has 0 saturated carbocycles. The standard InChI is InChI=1S/C64H42N2O/c1-2-16-43(17-3-1)47-19-14-20-48(42-47)44-32-37-49(38-33-44)65(59-28-11-9-25-55(59)56-26-15-31-62-63(56)57-41-36-45-18-4-5-22-52(45)64(57)67-62)50-39-34-46(35-40-50)51-21-6-10-27-58(51)66-60-29-12-7-23-53(60)54-24-8-13-30-61(54)66/h1-12,14-29,31-34,36-39,41-42H,13,30H2. The van der Waals surface area contributed by atoms with E-state index in [1.54, 1.807) is 0 Å². The number of nitrogens with zero attached hydrogens (tertiary/aromatic N) is 2. The number of hydrogen-bond donors (Lipinski definition) is 0. The number of anilines is 3. The molecule has 10 aromatic carbocycles. The zero-order chi connectivity index (χ0) is 44.3. The maximum atomic E-state index is 6.71. The van der Waals surface area contributed by atoms with Gasteiger partial charge in [0.05, 0.1) is 22.6 Å². The Morgan fingerprint density at radius 1 is 0.493 bits per heavy atom. The van der Waals surface area contributed by atoms with E-state index in [1.807, 2.05) is 0 Å². The number of benzene rings is 9. The predicted octanol–water partition coefficient (Wildman–Crippen LogP) is 17.4. The number of fused-ring (bicyclic) bond motifs is 8. The van der Waals surface area contributed by atoms with E-state index >= 15 is 0 Å². The molecular weight excluding hydrogens is 813 g/mol. The second-order valence-corrected chi connectivity index (χ2v) is 17.3. The van der Waals surface area contributed by atoms with E-state index in [2.05, 4.69) is 252 Å². The molecule has 0 spiro atoms. The van der Waals surface area contributed by atoms with Gasteiger partial charge in [0.15, 0.2) is 0 Å². The van der Waals surface area contributed by atoms with Crippen LogP contribution < -0.4 is 4.90 Å². The summed E-state index contributed by atoms with van der Waals surface area (Å²) < 4.78 is 9.17. The lowest BCUT2D eigenvalue weighted by molar-refractivity contribution is 0.673. The van der Waals surface area contributed by atoms with E-state index in [0.29, 0.717) is 0 Å². The number of allylic oxidation sites excluding steroid dienone is 1. The normalized spacial score (nSPS) is 12.2. The van der Waals surface area contributed by atoms with Gasteiger partial charge in [-0.05, 0) is 113 Å². The summed E-state index contributed by atoms with van der Waals surface area (Å²) in [5.74, 6) is 0. The lowest BCUT2D eigenvalue weighted by Crippen LogP contribution is -2.11. The van der Waals surface area contributed by atoms with Crippen LogP contribution in [0.4, 0.5) is 17.1 Å². The van der Waals surface area contributed by atoms with E-state index in [0.717, 1.165) is 96.1 Å². The van der Waals surface area contributed by atoms with E-state index in [4.69, 9.17) is 4.42 Å². The van der Waals surface area contributed by atoms with Crippen molar-refractivity contribution in [2.45, 2.75) is 12.8 Å². The van der Waals surface area contributed by atoms with Crippen LogP contribution in [-0.2, 0) is 6.42 Å². The van der Waals surface area contributed by atoms with Crippen molar-refractivity contribution < 1.29 is 4.42 Å². The molecule has 67 heavy (non-hydrogen) atoms. The van der Waals surface area contributed by atoms with E-state index in [1.165, 1.54) is 38.9 Å². The van der Waals surface area contributed by atoms with E-state index < -0.39 is 0 Å². The van der Waals surface area contributed by atoms with Crippen molar-refractivity contribution in [1.29, 1.82) is 0 Å². The fraction of sp³-hybridized carbons (Fsp3) is 0.0312. The molecule has 0 N–H and O–H groups in total. The molecule has 3 nitrogen and oxygen atoms in total. The monoisotopic (exact) mass is 854 g/mol. The Balaban J connectivity index is 0.960. The van der Waals surface area contributed by atoms with Gasteiger partial charge in [-0.1, -0.05) is 176 Å². The lowest BCUT2D eigenvalue weighted by atomic mass is 9.96. The molecule has 0 saturated heterocycles. The smallest absolute Gasteiger partial charge is 0.143 e. The van der Waals surface area contributed by atoms with Crippen LogP contribution in [0.15, 0.2) is 229 Å². The number of para-hydroxylation sites is 3. The van der Waals surface area contributed by atoms with Crippen molar-refractivity contribution in [1.82, 2.24) is 4.57 Å². The first-order chi connectivity index (χ1) is 33.2. The third-order valence-corrected chi connectivity index (χ3v) is 13.5. The molecular formula is C64H42N2O. The van der Waals surface area contributed by atoms with Crippen molar-refractivity contribution in [2.24, 2.45) is 0 Å². The van der Waals surface area contributed by atoms with E-state index in [-0.39, 0.29) is 0 Å². The third-order valence-electron chi connectivity index (χ3n) is 13.5. The highest BCUT2D eigenvalue weighted by Gasteiger charge is 2.23. The zero-order valence-electron chi connectivity index (χ0n) is 36.7. The van der Waals surface area contributed by atoms with Crippen LogP contribution >= 0.6 is 0 Å². The average Bonchev–Trinajstić information content (AvgIpc) is 3.96. The highest BCUT2D eigenvalue weighted by atomic mass is 16.3. The first-order valence-corrected chi connectivity index (χ1v) is 23.1. The Morgan fingerprint density at radius 2 is 1.19 bits per heavy atom. The molecule has 0 fully saturated rings. The Bertz CT molecular complexity index is 3850. The first-order valence-electron chi connectivity index (χ1n) is 23.1. The minimum atomic E-state index is 0.864. The predicted molar refractivity (Wildman–Crippen MR) is 280 cm³/mol. The lowest BCUT2D eigenvalue weighted by Gasteiger charge is -2.27. The largest absolute Gasteiger partial charge is 0.455 e. The summed E-state index contributed by atoms with van der Waals surface area (Å²) in [6.07, 6.45) is 6.62. The van der Waals surface area contributed by atoms with Gasteiger partial charge in [-0.15, -0.1) is 0 Å². The molecule has 2 heterocycles. The van der Waals surface area contributed by atoms with Crippen molar-refractivity contribution in [3.63, 3.8) is 0 Å². The molecule has 0 unspecified atom stereocenters.